The Balaban J connectivity index is 2.32. The minimum absolute atomic E-state index is 0.0943. The van der Waals surface area contributed by atoms with Gasteiger partial charge in [-0.15, -0.1) is 0 Å². The van der Waals surface area contributed by atoms with Crippen LogP contribution in [-0.4, -0.2) is 36.2 Å². The lowest BCUT2D eigenvalue weighted by atomic mass is 10.1. The molecule has 0 unspecified atom stereocenters. The van der Waals surface area contributed by atoms with Crippen molar-refractivity contribution in [3.8, 4) is 5.75 Å². The summed E-state index contributed by atoms with van der Waals surface area (Å²) in [5.41, 5.74) is 0.306. The summed E-state index contributed by atoms with van der Waals surface area (Å²) in [7, 11) is 0. The maximum Gasteiger partial charge on any atom is 0.328 e. The van der Waals surface area contributed by atoms with Gasteiger partial charge in [0.05, 0.1) is 6.61 Å². The van der Waals surface area contributed by atoms with Crippen molar-refractivity contribution in [3.63, 3.8) is 0 Å². The van der Waals surface area contributed by atoms with Gasteiger partial charge < -0.3 is 9.84 Å². The first-order chi connectivity index (χ1) is 9.61. The molecule has 0 spiro atoms. The summed E-state index contributed by atoms with van der Waals surface area (Å²) in [5.74, 6) is -1.11. The molecular weight excluding hydrogens is 264 g/mol. The molecule has 20 heavy (non-hydrogen) atoms. The molecule has 3 N–H and O–H groups in total. The molecule has 1 saturated heterocycles. The summed E-state index contributed by atoms with van der Waals surface area (Å²) in [4.78, 5) is 34.2. The van der Waals surface area contributed by atoms with E-state index in [4.69, 9.17) is 9.84 Å². The van der Waals surface area contributed by atoms with Gasteiger partial charge in [0, 0.05) is 5.56 Å². The van der Waals surface area contributed by atoms with Gasteiger partial charge in [-0.2, -0.15) is 0 Å². The van der Waals surface area contributed by atoms with Gasteiger partial charge in [-0.25, -0.2) is 4.79 Å². The lowest BCUT2D eigenvalue weighted by molar-refractivity contribution is -0.123. The van der Waals surface area contributed by atoms with Crippen LogP contribution in [0.15, 0.2) is 29.8 Å². The van der Waals surface area contributed by atoms with Crippen LogP contribution in [-0.2, 0) is 9.59 Å². The van der Waals surface area contributed by atoms with Crippen LogP contribution < -0.4 is 15.4 Å². The smallest absolute Gasteiger partial charge is 0.328 e. The molecule has 0 bridgehead atoms. The van der Waals surface area contributed by atoms with E-state index >= 15 is 0 Å². The Labute approximate surface area is 114 Å². The van der Waals surface area contributed by atoms with E-state index in [1.165, 1.54) is 6.08 Å². The van der Waals surface area contributed by atoms with Gasteiger partial charge >= 0.3 is 6.03 Å². The second-order valence-electron chi connectivity index (χ2n) is 3.91. The predicted molar refractivity (Wildman–Crippen MR) is 68.7 cm³/mol. The van der Waals surface area contributed by atoms with Gasteiger partial charge in [0.2, 0.25) is 0 Å². The van der Waals surface area contributed by atoms with Crippen molar-refractivity contribution in [2.45, 2.75) is 0 Å². The maximum absolute atomic E-state index is 11.6. The number of barbiturate groups is 1. The maximum atomic E-state index is 11.6. The monoisotopic (exact) mass is 276 g/mol. The molecule has 1 aromatic rings. The molecule has 1 aliphatic rings. The van der Waals surface area contributed by atoms with Crippen molar-refractivity contribution < 1.29 is 24.2 Å². The van der Waals surface area contributed by atoms with Crippen molar-refractivity contribution in [2.24, 2.45) is 0 Å². The van der Waals surface area contributed by atoms with Crippen molar-refractivity contribution in [2.75, 3.05) is 13.2 Å². The number of aliphatic hydroxyl groups is 1. The number of hydrogen-bond acceptors (Lipinski definition) is 5. The molecule has 0 aromatic heterocycles. The molecule has 1 fully saturated rings. The standard InChI is InChI=1S/C13H12N2O5/c16-5-6-20-10-4-2-1-3-8(10)7-9-11(17)14-13(19)15-12(9)18/h1-4,7,16H,5-6H2,(H2,14,15,17,18,19). The number of carbonyl (C=O) groups is 3. The van der Waals surface area contributed by atoms with E-state index in [-0.39, 0.29) is 18.8 Å². The molecule has 0 saturated carbocycles. The Morgan fingerprint density at radius 3 is 2.40 bits per heavy atom. The molecule has 0 aliphatic carbocycles. The van der Waals surface area contributed by atoms with Gasteiger partial charge in [0.1, 0.15) is 17.9 Å². The second kappa shape index (κ2) is 5.98. The quantitative estimate of drug-likeness (QED) is 0.522. The number of imide groups is 2. The minimum Gasteiger partial charge on any atom is -0.491 e. The van der Waals surface area contributed by atoms with Crippen molar-refractivity contribution in [3.05, 3.63) is 35.4 Å². The molecule has 1 aromatic carbocycles. The van der Waals surface area contributed by atoms with Crippen LogP contribution >= 0.6 is 0 Å². The zero-order valence-corrected chi connectivity index (χ0v) is 10.4. The first kappa shape index (κ1) is 13.8. The zero-order valence-electron chi connectivity index (χ0n) is 10.4. The minimum atomic E-state index is -0.845. The SMILES string of the molecule is O=C1NC(=O)C(=Cc2ccccc2OCCO)C(=O)N1. The topological polar surface area (TPSA) is 105 Å². The van der Waals surface area contributed by atoms with Crippen LogP contribution in [0.1, 0.15) is 5.56 Å². The van der Waals surface area contributed by atoms with Gasteiger partial charge in [-0.05, 0) is 12.1 Å². The Kier molecular flexibility index (Phi) is 4.11. The molecule has 4 amide bonds. The molecule has 0 atom stereocenters. The fourth-order valence-electron chi connectivity index (χ4n) is 1.65. The largest absolute Gasteiger partial charge is 0.491 e. The number of urea groups is 1. The number of nitrogens with one attached hydrogen (secondary N) is 2. The fraction of sp³-hybridized carbons (Fsp3) is 0.154. The Morgan fingerprint density at radius 2 is 1.75 bits per heavy atom. The van der Waals surface area contributed by atoms with Crippen LogP contribution in [0.4, 0.5) is 4.79 Å². The van der Waals surface area contributed by atoms with E-state index in [1.54, 1.807) is 24.3 Å². The molecular formula is C13H12N2O5. The van der Waals surface area contributed by atoms with Gasteiger partial charge in [-0.1, -0.05) is 18.2 Å². The summed E-state index contributed by atoms with van der Waals surface area (Å²) in [5, 5.41) is 12.7. The van der Waals surface area contributed by atoms with Crippen LogP contribution in [0, 0.1) is 0 Å². The number of para-hydroxylation sites is 1. The number of hydrogen-bond donors (Lipinski definition) is 3. The summed E-state index contributed by atoms with van der Waals surface area (Å²) in [6.45, 7) is -0.0581. The van der Waals surface area contributed by atoms with E-state index in [9.17, 15) is 14.4 Å². The highest BCUT2D eigenvalue weighted by Crippen LogP contribution is 2.21. The van der Waals surface area contributed by atoms with E-state index in [1.807, 2.05) is 10.6 Å². The lowest BCUT2D eigenvalue weighted by Gasteiger charge is -2.14. The van der Waals surface area contributed by atoms with Gasteiger partial charge in [0.15, 0.2) is 0 Å². The van der Waals surface area contributed by atoms with Crippen LogP contribution in [0.2, 0.25) is 0 Å². The number of rotatable bonds is 4. The highest BCUT2D eigenvalue weighted by molar-refractivity contribution is 6.31. The summed E-state index contributed by atoms with van der Waals surface area (Å²) in [6.07, 6.45) is 1.32. The molecule has 1 aliphatic heterocycles. The highest BCUT2D eigenvalue weighted by Gasteiger charge is 2.27. The summed E-state index contributed by atoms with van der Waals surface area (Å²) >= 11 is 0. The van der Waals surface area contributed by atoms with Crippen molar-refractivity contribution in [1.82, 2.24) is 10.6 Å². The van der Waals surface area contributed by atoms with Crippen LogP contribution in [0.5, 0.6) is 5.75 Å². The van der Waals surface area contributed by atoms with Crippen molar-refractivity contribution >= 4 is 23.9 Å². The number of carbonyl (C=O) groups excluding carboxylic acids is 3. The molecule has 1 heterocycles. The third kappa shape index (κ3) is 3.01. The molecule has 0 radical (unpaired) electrons. The molecule has 7 nitrogen and oxygen atoms in total. The van der Waals surface area contributed by atoms with Crippen LogP contribution in [0.3, 0.4) is 0 Å². The van der Waals surface area contributed by atoms with E-state index in [0.29, 0.717) is 11.3 Å². The fourth-order valence-corrected chi connectivity index (χ4v) is 1.65. The third-order valence-corrected chi connectivity index (χ3v) is 2.51. The highest BCUT2D eigenvalue weighted by atomic mass is 16.5. The normalized spacial score (nSPS) is 14.7. The zero-order chi connectivity index (χ0) is 14.5. The second-order valence-corrected chi connectivity index (χ2v) is 3.91. The molecule has 2 rings (SSSR count). The van der Waals surface area contributed by atoms with Crippen LogP contribution in [0.25, 0.3) is 6.08 Å². The Bertz CT molecular complexity index is 572. The first-order valence-corrected chi connectivity index (χ1v) is 5.83. The third-order valence-electron chi connectivity index (χ3n) is 2.51. The predicted octanol–water partition coefficient (Wildman–Crippen LogP) is -0.193. The van der Waals surface area contributed by atoms with E-state index < -0.39 is 17.8 Å². The van der Waals surface area contributed by atoms with Gasteiger partial charge in [-0.3, -0.25) is 20.2 Å². The number of aliphatic hydroxyl groups excluding tert-OH is 1. The molecule has 104 valence electrons. The first-order valence-electron chi connectivity index (χ1n) is 5.83. The van der Waals surface area contributed by atoms with E-state index in [2.05, 4.69) is 0 Å². The number of amides is 4. The number of ether oxygens (including phenoxy) is 1. The Morgan fingerprint density at radius 1 is 1.10 bits per heavy atom. The summed E-state index contributed by atoms with van der Waals surface area (Å²) < 4.78 is 5.29. The van der Waals surface area contributed by atoms with Gasteiger partial charge in [0.25, 0.3) is 11.8 Å². The van der Waals surface area contributed by atoms with E-state index in [0.717, 1.165) is 0 Å². The summed E-state index contributed by atoms with van der Waals surface area (Å²) in [6, 6.07) is 5.88. The average Bonchev–Trinajstić information content (AvgIpc) is 2.41. The van der Waals surface area contributed by atoms with Crippen molar-refractivity contribution in [1.29, 1.82) is 0 Å². The number of benzene rings is 1. The Hall–Kier alpha value is -2.67. The molecule has 7 heteroatoms. The lowest BCUT2D eigenvalue weighted by Crippen LogP contribution is -2.51. The average molecular weight is 276 g/mol.